The average molecular weight is 1360 g/mol. The van der Waals surface area contributed by atoms with Crippen LogP contribution in [-0.2, 0) is 33.4 Å². The number of carbonyl (C=O) groups excluding carboxylic acids is 5. The van der Waals surface area contributed by atoms with Gasteiger partial charge in [-0.2, -0.15) is 15.8 Å². The summed E-state index contributed by atoms with van der Waals surface area (Å²) in [4.78, 5) is 62.3. The zero-order valence-electron chi connectivity index (χ0n) is 54.9. The van der Waals surface area contributed by atoms with Gasteiger partial charge < -0.3 is 44.5 Å². The highest BCUT2D eigenvalue weighted by Gasteiger charge is 2.50. The number of anilines is 3. The van der Waals surface area contributed by atoms with E-state index in [1.807, 2.05) is 84.9 Å². The molecule has 0 unspecified atom stereocenters. The van der Waals surface area contributed by atoms with Crippen molar-refractivity contribution in [1.29, 1.82) is 15.8 Å². The minimum absolute atomic E-state index is 0.00875. The molecular formula is C79H75F4N7O10. The predicted molar refractivity (Wildman–Crippen MR) is 365 cm³/mol. The molecule has 514 valence electrons. The second-order valence-electron chi connectivity index (χ2n) is 26.4. The average Bonchev–Trinajstić information content (AvgIpc) is 1.36. The molecular weight excluding hydrogens is 1280 g/mol. The number of hydrogen-bond donors (Lipinski definition) is 3. The maximum Gasteiger partial charge on any atom is 0.301 e. The molecule has 0 radical (unpaired) electrons. The molecule has 21 heteroatoms. The lowest BCUT2D eigenvalue weighted by Gasteiger charge is -2.39. The van der Waals surface area contributed by atoms with Crippen molar-refractivity contribution in [3.63, 3.8) is 0 Å². The van der Waals surface area contributed by atoms with Gasteiger partial charge in [0.05, 0.1) is 49.7 Å². The first-order valence-corrected chi connectivity index (χ1v) is 34.0. The minimum atomic E-state index is -3.31. The smallest absolute Gasteiger partial charge is 0.301 e. The third-order valence-corrected chi connectivity index (χ3v) is 19.1. The van der Waals surface area contributed by atoms with Crippen LogP contribution >= 0.6 is 0 Å². The molecule has 4 saturated carbocycles. The molecule has 3 N–H and O–H groups in total. The number of alkyl halides is 4. The molecule has 0 aromatic heterocycles. The molecule has 4 amide bonds. The van der Waals surface area contributed by atoms with Crippen molar-refractivity contribution in [2.75, 3.05) is 55.5 Å². The van der Waals surface area contributed by atoms with Crippen molar-refractivity contribution in [2.24, 2.45) is 29.6 Å². The van der Waals surface area contributed by atoms with E-state index in [9.17, 15) is 48.5 Å². The Labute approximate surface area is 577 Å². The number of likely N-dealkylation sites (tertiary alicyclic amines) is 1. The maximum atomic E-state index is 15.0. The lowest BCUT2D eigenvalue weighted by molar-refractivity contribution is -0.163. The highest BCUT2D eigenvalue weighted by Crippen LogP contribution is 2.48. The van der Waals surface area contributed by atoms with Gasteiger partial charge in [0.15, 0.2) is 6.10 Å². The van der Waals surface area contributed by atoms with Crippen LogP contribution in [0.4, 0.5) is 34.6 Å². The van der Waals surface area contributed by atoms with Gasteiger partial charge in [-0.3, -0.25) is 24.0 Å². The molecule has 6 atom stereocenters. The predicted octanol–water partition coefficient (Wildman–Crippen LogP) is 14.7. The molecule has 17 nitrogen and oxygen atoms in total. The Balaban J connectivity index is 0.000000143. The van der Waals surface area contributed by atoms with Gasteiger partial charge in [0.1, 0.15) is 53.4 Å². The van der Waals surface area contributed by atoms with Crippen LogP contribution in [0.25, 0.3) is 33.4 Å². The Morgan fingerprint density at radius 1 is 0.510 bits per heavy atom. The summed E-state index contributed by atoms with van der Waals surface area (Å²) in [6.45, 7) is 2.01. The summed E-state index contributed by atoms with van der Waals surface area (Å²) in [6, 6.07) is 54.6. The number of ether oxygens (including phenoxy) is 5. The number of Topliss-reactive ketones (excluding diaryl/α,β-unsaturated/α-hetero) is 1. The van der Waals surface area contributed by atoms with Gasteiger partial charge in [-0.05, 0) is 150 Å². The van der Waals surface area contributed by atoms with Crippen molar-refractivity contribution in [3.05, 3.63) is 180 Å². The van der Waals surface area contributed by atoms with E-state index in [4.69, 9.17) is 23.7 Å². The molecule has 0 bridgehead atoms. The summed E-state index contributed by atoms with van der Waals surface area (Å²) in [6.07, 6.45) is 3.09. The second-order valence-corrected chi connectivity index (χ2v) is 26.4. The minimum Gasteiger partial charge on any atom is -0.489 e. The first-order chi connectivity index (χ1) is 48.5. The van der Waals surface area contributed by atoms with E-state index in [0.29, 0.717) is 84.8 Å². The molecule has 0 spiro atoms. The van der Waals surface area contributed by atoms with Gasteiger partial charge in [-0.15, -0.1) is 0 Å². The summed E-state index contributed by atoms with van der Waals surface area (Å²) in [5.74, 6) is -4.44. The molecule has 4 aliphatic carbocycles. The van der Waals surface area contributed by atoms with E-state index in [0.717, 1.165) is 83.4 Å². The monoisotopic (exact) mass is 1360 g/mol. The fraction of sp³-hybridized carbons (Fsp3) is 0.367. The molecule has 7 aromatic carbocycles. The number of halogens is 4. The Morgan fingerprint density at radius 3 is 1.40 bits per heavy atom. The number of piperidine rings is 1. The van der Waals surface area contributed by atoms with E-state index in [1.165, 1.54) is 11.6 Å². The SMILES string of the molecule is N#Cc1cc(-c2cccc(NC(=O)C3CC3)c2)ccc1O[C@H]1CCN(C(=O)[C@@H]2CCC(=O)C2)CC1(F)F.N#Cc1cc(-c2cccc(NC(=O)[C@@H]3C[C@H]3c3ccccc3)c2)ccc1OC1CCOCC1.N#Cc1cc(-c2cccc(NC(=O)[C@H]3C[C@@H]3C(F)F)c2)ccc1OC1CCOCC1. The number of nitrogens with zero attached hydrogens (tertiary/aromatic N) is 4. The van der Waals surface area contributed by atoms with Gasteiger partial charge in [0.25, 0.3) is 0 Å². The van der Waals surface area contributed by atoms with Crippen LogP contribution in [0.3, 0.4) is 0 Å². The van der Waals surface area contributed by atoms with Gasteiger partial charge in [0.2, 0.25) is 30.1 Å². The van der Waals surface area contributed by atoms with E-state index >= 15 is 8.78 Å². The third kappa shape index (κ3) is 17.7. The van der Waals surface area contributed by atoms with E-state index in [-0.39, 0.29) is 84.7 Å². The first-order valence-electron chi connectivity index (χ1n) is 34.0. The first kappa shape index (κ1) is 69.5. The standard InChI is InChI=1S/C28H27F2N3O4.C28H26N2O3.C23H22F2N2O3/c29-28(30)16-33(27(36)20-6-8-23(34)14-20)11-10-25(28)37-24-9-7-19(12-21(24)15-31)18-2-1-3-22(13-18)32-26(35)17-4-5-17;29-18-22-15-21(9-10-27(22)33-24-11-13-32-14-12-24)20-7-4-8-23(16-20)30-28(31)26-17-25(26)19-5-2-1-3-6-19;24-22(25)19-12-20(19)23(28)27-17-3-1-2-14(11-17)15-4-5-21(16(10-15)13-26)30-18-6-8-29-9-7-18/h1-3,7,9,12-13,17,20,25H,4-6,8,10-11,14,16H2,(H,32,35);1-10,15-16,24-26H,11-14,17H2,(H,30,31);1-5,10-11,18-20,22H,6-9,12H2,(H,27,28)/t20-,25+;25-,26+;19-,20-/m100/s1. The van der Waals surface area contributed by atoms with E-state index in [2.05, 4.69) is 40.2 Å². The molecule has 7 aliphatic rings. The van der Waals surface area contributed by atoms with Gasteiger partial charge in [0, 0.05) is 98.1 Å². The highest BCUT2D eigenvalue weighted by molar-refractivity contribution is 5.97. The van der Waals surface area contributed by atoms with Crippen molar-refractivity contribution in [3.8, 4) is 68.8 Å². The number of ketones is 1. The quantitative estimate of drug-likeness (QED) is 0.0678. The lowest BCUT2D eigenvalue weighted by Crippen LogP contribution is -2.56. The number of amides is 4. The Morgan fingerprint density at radius 2 is 0.970 bits per heavy atom. The van der Waals surface area contributed by atoms with Crippen LogP contribution in [0.5, 0.6) is 17.2 Å². The lowest BCUT2D eigenvalue weighted by atomic mass is 9.99. The fourth-order valence-electron chi connectivity index (χ4n) is 13.1. The summed E-state index contributed by atoms with van der Waals surface area (Å²) < 4.78 is 83.8. The second kappa shape index (κ2) is 31.6. The molecule has 3 saturated heterocycles. The molecule has 3 heterocycles. The number of nitrogens with one attached hydrogen (secondary N) is 3. The Kier molecular flexibility index (Phi) is 22.0. The van der Waals surface area contributed by atoms with E-state index < -0.39 is 48.7 Å². The molecule has 100 heavy (non-hydrogen) atoms. The van der Waals surface area contributed by atoms with Crippen molar-refractivity contribution < 1.29 is 65.2 Å². The van der Waals surface area contributed by atoms with E-state index in [1.54, 1.807) is 60.7 Å². The molecule has 7 aromatic rings. The normalized spacial score (nSPS) is 21.4. The summed E-state index contributed by atoms with van der Waals surface area (Å²) in [7, 11) is 0. The summed E-state index contributed by atoms with van der Waals surface area (Å²) >= 11 is 0. The summed E-state index contributed by atoms with van der Waals surface area (Å²) in [5.41, 5.74) is 9.15. The molecule has 3 aliphatic heterocycles. The Hall–Kier alpha value is -10.4. The van der Waals surface area contributed by atoms with Crippen LogP contribution < -0.4 is 30.2 Å². The van der Waals surface area contributed by atoms with Crippen molar-refractivity contribution in [1.82, 2.24) is 4.90 Å². The van der Waals surface area contributed by atoms with Crippen LogP contribution in [0.15, 0.2) is 158 Å². The number of benzene rings is 7. The van der Waals surface area contributed by atoms with Crippen LogP contribution in [0.2, 0.25) is 0 Å². The number of carbonyl (C=O) groups is 5. The largest absolute Gasteiger partial charge is 0.489 e. The zero-order chi connectivity index (χ0) is 69.9. The van der Waals surface area contributed by atoms with Gasteiger partial charge in [-0.1, -0.05) is 84.9 Å². The molecule has 7 fully saturated rings. The zero-order valence-corrected chi connectivity index (χ0v) is 54.9. The molecule has 14 rings (SSSR count). The van der Waals surface area contributed by atoms with Gasteiger partial charge >= 0.3 is 5.92 Å². The fourth-order valence-corrected chi connectivity index (χ4v) is 13.1. The third-order valence-electron chi connectivity index (χ3n) is 19.1. The maximum absolute atomic E-state index is 15.0. The number of rotatable bonds is 18. The van der Waals surface area contributed by atoms with Crippen LogP contribution in [-0.4, -0.2) is 104 Å². The Bertz CT molecular complexity index is 4290. The van der Waals surface area contributed by atoms with Crippen molar-refractivity contribution >= 4 is 46.5 Å². The highest BCUT2D eigenvalue weighted by atomic mass is 19.3. The number of hydrogen-bond acceptors (Lipinski definition) is 13. The summed E-state index contributed by atoms with van der Waals surface area (Å²) in [5, 5.41) is 37.6. The van der Waals surface area contributed by atoms with Crippen LogP contribution in [0.1, 0.15) is 105 Å². The number of nitriles is 3. The topological polar surface area (TPSA) is 242 Å². The van der Waals surface area contributed by atoms with Crippen LogP contribution in [0, 0.1) is 63.6 Å². The van der Waals surface area contributed by atoms with Gasteiger partial charge in [-0.25, -0.2) is 17.6 Å². The van der Waals surface area contributed by atoms with Crippen molar-refractivity contribution in [2.45, 2.75) is 114 Å².